The SMILES string of the molecule is CC(C)C(=S)N=C=S. The van der Waals surface area contributed by atoms with E-state index in [4.69, 9.17) is 12.2 Å². The second-order valence-electron chi connectivity index (χ2n) is 1.70. The highest BCUT2D eigenvalue weighted by Gasteiger charge is 1.96. The van der Waals surface area contributed by atoms with Crippen LogP contribution in [0.3, 0.4) is 0 Å². The molecule has 0 heterocycles. The van der Waals surface area contributed by atoms with Crippen LogP contribution in [0.5, 0.6) is 0 Å². The van der Waals surface area contributed by atoms with E-state index in [-0.39, 0.29) is 0 Å². The van der Waals surface area contributed by atoms with E-state index in [1.54, 1.807) is 0 Å². The van der Waals surface area contributed by atoms with Gasteiger partial charge in [0.05, 0.1) is 5.16 Å². The first-order chi connectivity index (χ1) is 3.68. The molecule has 0 spiro atoms. The molecule has 0 aromatic carbocycles. The predicted octanol–water partition coefficient (Wildman–Crippen LogP) is 2.07. The molecule has 0 saturated heterocycles. The molecule has 44 valence electrons. The molecule has 0 aliphatic carbocycles. The van der Waals surface area contributed by atoms with E-state index in [0.29, 0.717) is 10.9 Å². The van der Waals surface area contributed by atoms with Crippen LogP contribution < -0.4 is 0 Å². The molecule has 0 aliphatic rings. The molecule has 0 bridgehead atoms. The third-order valence-corrected chi connectivity index (χ3v) is 1.30. The fraction of sp³-hybridized carbons (Fsp3) is 0.600. The van der Waals surface area contributed by atoms with Crippen LogP contribution in [-0.4, -0.2) is 10.1 Å². The Kier molecular flexibility index (Phi) is 3.79. The van der Waals surface area contributed by atoms with Crippen molar-refractivity contribution in [2.24, 2.45) is 10.9 Å². The van der Waals surface area contributed by atoms with Crippen LogP contribution in [0, 0.1) is 5.92 Å². The molecule has 0 saturated carbocycles. The van der Waals surface area contributed by atoms with Crippen LogP contribution in [0.25, 0.3) is 0 Å². The Morgan fingerprint density at radius 3 is 2.25 bits per heavy atom. The fourth-order valence-electron chi connectivity index (χ4n) is 0.174. The van der Waals surface area contributed by atoms with Gasteiger partial charge in [-0.25, -0.2) is 0 Å². The van der Waals surface area contributed by atoms with Crippen molar-refractivity contribution in [3.8, 4) is 0 Å². The molecule has 0 aliphatic heterocycles. The molecule has 0 aromatic heterocycles. The molecule has 0 rings (SSSR count). The van der Waals surface area contributed by atoms with Crippen LogP contribution in [0.15, 0.2) is 4.99 Å². The number of nitrogens with zero attached hydrogens (tertiary/aromatic N) is 1. The van der Waals surface area contributed by atoms with Crippen molar-refractivity contribution >= 4 is 34.6 Å². The van der Waals surface area contributed by atoms with Crippen molar-refractivity contribution < 1.29 is 0 Å². The molecule has 0 N–H and O–H groups in total. The highest BCUT2D eigenvalue weighted by atomic mass is 32.1. The first-order valence-corrected chi connectivity index (χ1v) is 3.12. The number of rotatable bonds is 1. The number of hydrogen-bond donors (Lipinski definition) is 0. The lowest BCUT2D eigenvalue weighted by Gasteiger charge is -1.94. The molecule has 0 amide bonds. The van der Waals surface area contributed by atoms with Gasteiger partial charge in [0.25, 0.3) is 0 Å². The van der Waals surface area contributed by atoms with E-state index < -0.39 is 0 Å². The van der Waals surface area contributed by atoms with E-state index in [1.165, 1.54) is 0 Å². The van der Waals surface area contributed by atoms with Gasteiger partial charge in [0, 0.05) is 5.92 Å². The first-order valence-electron chi connectivity index (χ1n) is 2.30. The third-order valence-electron chi connectivity index (χ3n) is 0.650. The number of thiocarbonyl (C=S) groups is 2. The summed E-state index contributed by atoms with van der Waals surface area (Å²) < 4.78 is 0. The summed E-state index contributed by atoms with van der Waals surface area (Å²) in [5.41, 5.74) is 0. The number of aliphatic imine (C=N–C) groups is 1. The van der Waals surface area contributed by atoms with Gasteiger partial charge >= 0.3 is 0 Å². The summed E-state index contributed by atoms with van der Waals surface area (Å²) in [6, 6.07) is 0. The number of hydrogen-bond acceptors (Lipinski definition) is 2. The quantitative estimate of drug-likeness (QED) is 0.413. The van der Waals surface area contributed by atoms with Crippen molar-refractivity contribution in [3.05, 3.63) is 0 Å². The molecule has 1 nitrogen and oxygen atoms in total. The van der Waals surface area contributed by atoms with Crippen molar-refractivity contribution in [1.82, 2.24) is 0 Å². The van der Waals surface area contributed by atoms with Gasteiger partial charge < -0.3 is 0 Å². The zero-order valence-electron chi connectivity index (χ0n) is 4.84. The molecule has 8 heavy (non-hydrogen) atoms. The van der Waals surface area contributed by atoms with Gasteiger partial charge in [-0.05, 0) is 12.2 Å². The molecular weight excluding hydrogens is 138 g/mol. The van der Waals surface area contributed by atoms with E-state index >= 15 is 0 Å². The van der Waals surface area contributed by atoms with Crippen molar-refractivity contribution in [1.29, 1.82) is 0 Å². The standard InChI is InChI=1S/C5H7NS2/c1-4(2)5(8)6-3-7/h4H,1-2H3. The lowest BCUT2D eigenvalue weighted by molar-refractivity contribution is 0.892. The van der Waals surface area contributed by atoms with Crippen molar-refractivity contribution in [2.45, 2.75) is 13.8 Å². The summed E-state index contributed by atoms with van der Waals surface area (Å²) in [4.78, 5) is 4.25. The molecule has 0 radical (unpaired) electrons. The second-order valence-corrected chi connectivity index (χ2v) is 2.30. The molecular formula is C5H7NS2. The molecule has 0 atom stereocenters. The summed E-state index contributed by atoms with van der Waals surface area (Å²) in [7, 11) is 0. The molecule has 0 fully saturated rings. The Morgan fingerprint density at radius 1 is 1.62 bits per heavy atom. The second kappa shape index (κ2) is 3.84. The lowest BCUT2D eigenvalue weighted by Crippen LogP contribution is -1.98. The Labute approximate surface area is 59.8 Å². The zero-order valence-corrected chi connectivity index (χ0v) is 6.47. The average molecular weight is 145 g/mol. The highest BCUT2D eigenvalue weighted by molar-refractivity contribution is 7.80. The van der Waals surface area contributed by atoms with Gasteiger partial charge in [0.15, 0.2) is 0 Å². The summed E-state index contributed by atoms with van der Waals surface area (Å²) in [6.07, 6.45) is 0. The van der Waals surface area contributed by atoms with Gasteiger partial charge in [-0.3, -0.25) is 0 Å². The summed E-state index contributed by atoms with van der Waals surface area (Å²) in [6.45, 7) is 3.94. The molecule has 0 aromatic rings. The van der Waals surface area contributed by atoms with E-state index in [9.17, 15) is 0 Å². The smallest absolute Gasteiger partial charge is 0.116 e. The maximum atomic E-state index is 4.78. The zero-order chi connectivity index (χ0) is 6.57. The van der Waals surface area contributed by atoms with Crippen LogP contribution >= 0.6 is 24.4 Å². The Morgan fingerprint density at radius 2 is 2.12 bits per heavy atom. The van der Waals surface area contributed by atoms with Crippen LogP contribution in [0.4, 0.5) is 0 Å². The topological polar surface area (TPSA) is 12.4 Å². The van der Waals surface area contributed by atoms with Gasteiger partial charge in [0.1, 0.15) is 4.99 Å². The predicted molar refractivity (Wildman–Crippen MR) is 42.5 cm³/mol. The van der Waals surface area contributed by atoms with Gasteiger partial charge in [-0.15, -0.1) is 0 Å². The van der Waals surface area contributed by atoms with Crippen molar-refractivity contribution in [3.63, 3.8) is 0 Å². The minimum atomic E-state index is 0.306. The highest BCUT2D eigenvalue weighted by Crippen LogP contribution is 1.96. The Balaban J connectivity index is 3.84. The van der Waals surface area contributed by atoms with Crippen LogP contribution in [0.2, 0.25) is 0 Å². The lowest BCUT2D eigenvalue weighted by atomic mass is 10.2. The van der Waals surface area contributed by atoms with Gasteiger partial charge in [-0.2, -0.15) is 4.99 Å². The molecule has 3 heteroatoms. The summed E-state index contributed by atoms with van der Waals surface area (Å²) in [5.74, 6) is 0.306. The van der Waals surface area contributed by atoms with E-state index in [2.05, 4.69) is 22.4 Å². The fourth-order valence-corrected chi connectivity index (χ4v) is 0.376. The Bertz CT molecular complexity index is 133. The summed E-state index contributed by atoms with van der Waals surface area (Å²) >= 11 is 9.12. The monoisotopic (exact) mass is 145 g/mol. The van der Waals surface area contributed by atoms with Gasteiger partial charge in [0.2, 0.25) is 0 Å². The maximum absolute atomic E-state index is 4.78. The third kappa shape index (κ3) is 2.97. The normalized spacial score (nSPS) is 8.38. The van der Waals surface area contributed by atoms with Crippen LogP contribution in [0.1, 0.15) is 13.8 Å². The van der Waals surface area contributed by atoms with Crippen molar-refractivity contribution in [2.75, 3.05) is 0 Å². The average Bonchev–Trinajstić information content (AvgIpc) is 1.67. The minimum absolute atomic E-state index is 0.306. The minimum Gasteiger partial charge on any atom is -0.187 e. The van der Waals surface area contributed by atoms with Crippen LogP contribution in [-0.2, 0) is 0 Å². The first kappa shape index (κ1) is 7.89. The van der Waals surface area contributed by atoms with E-state index in [1.807, 2.05) is 13.8 Å². The van der Waals surface area contributed by atoms with Gasteiger partial charge in [-0.1, -0.05) is 26.1 Å². The number of isothiocyanates is 1. The Hall–Kier alpha value is -0.110. The van der Waals surface area contributed by atoms with E-state index in [0.717, 1.165) is 0 Å². The largest absolute Gasteiger partial charge is 0.187 e. The molecule has 0 unspecified atom stereocenters. The summed E-state index contributed by atoms with van der Waals surface area (Å²) in [5, 5.41) is 2.22. The maximum Gasteiger partial charge on any atom is 0.116 e.